The molecule has 0 saturated carbocycles. The maximum atomic E-state index is 12.4. The second kappa shape index (κ2) is 7.97. The lowest BCUT2D eigenvalue weighted by Crippen LogP contribution is -2.52. The zero-order valence-electron chi connectivity index (χ0n) is 15.7. The van der Waals surface area contributed by atoms with Crippen LogP contribution in [0, 0.1) is 0 Å². The number of ether oxygens (including phenoxy) is 1. The SMILES string of the molecule is CN1C(=O)C(=Cc2ccccc2OCc2ccc(C(=O)[O-])cc2)C(=O)N(C)C1=O. The van der Waals surface area contributed by atoms with Gasteiger partial charge in [-0.25, -0.2) is 4.79 Å². The molecule has 2 aromatic carbocycles. The number of urea groups is 1. The zero-order chi connectivity index (χ0) is 21.1. The van der Waals surface area contributed by atoms with Crippen molar-refractivity contribution in [2.24, 2.45) is 0 Å². The van der Waals surface area contributed by atoms with Gasteiger partial charge in [0.2, 0.25) is 0 Å². The topological polar surface area (TPSA) is 107 Å². The minimum Gasteiger partial charge on any atom is -0.545 e. The molecule has 1 aliphatic rings. The Balaban J connectivity index is 1.84. The summed E-state index contributed by atoms with van der Waals surface area (Å²) < 4.78 is 5.79. The molecule has 1 heterocycles. The second-order valence-electron chi connectivity index (χ2n) is 6.38. The number of benzene rings is 2. The van der Waals surface area contributed by atoms with Crippen LogP contribution < -0.4 is 9.84 Å². The molecule has 4 amide bonds. The Bertz CT molecular complexity index is 1000. The van der Waals surface area contributed by atoms with Gasteiger partial charge in [0.25, 0.3) is 11.8 Å². The molecule has 0 radical (unpaired) electrons. The van der Waals surface area contributed by atoms with Crippen LogP contribution in [0.25, 0.3) is 6.08 Å². The van der Waals surface area contributed by atoms with E-state index < -0.39 is 23.8 Å². The number of barbiturate groups is 1. The summed E-state index contributed by atoms with van der Waals surface area (Å²) in [4.78, 5) is 49.1. The highest BCUT2D eigenvalue weighted by Crippen LogP contribution is 2.25. The summed E-state index contributed by atoms with van der Waals surface area (Å²) in [7, 11) is 2.61. The Morgan fingerprint density at radius 1 is 0.966 bits per heavy atom. The number of nitrogens with zero attached hydrogens (tertiary/aromatic N) is 2. The van der Waals surface area contributed by atoms with E-state index in [0.29, 0.717) is 11.3 Å². The van der Waals surface area contributed by atoms with Gasteiger partial charge in [0.15, 0.2) is 0 Å². The molecule has 1 saturated heterocycles. The Morgan fingerprint density at radius 3 is 2.14 bits per heavy atom. The predicted octanol–water partition coefficient (Wildman–Crippen LogP) is 1.06. The lowest BCUT2D eigenvalue weighted by Gasteiger charge is -2.29. The van der Waals surface area contributed by atoms with Crippen molar-refractivity contribution in [1.29, 1.82) is 0 Å². The van der Waals surface area contributed by atoms with Crippen LogP contribution in [0.1, 0.15) is 21.5 Å². The highest BCUT2D eigenvalue weighted by Gasteiger charge is 2.37. The molecule has 2 aromatic rings. The number of amides is 4. The van der Waals surface area contributed by atoms with Gasteiger partial charge in [-0.2, -0.15) is 0 Å². The van der Waals surface area contributed by atoms with Crippen LogP contribution in [0.5, 0.6) is 5.75 Å². The van der Waals surface area contributed by atoms with Crippen molar-refractivity contribution in [3.63, 3.8) is 0 Å². The molecule has 29 heavy (non-hydrogen) atoms. The molecular weight excluding hydrogens is 376 g/mol. The molecule has 1 aliphatic heterocycles. The van der Waals surface area contributed by atoms with Crippen molar-refractivity contribution in [3.05, 3.63) is 70.8 Å². The van der Waals surface area contributed by atoms with E-state index >= 15 is 0 Å². The average molecular weight is 393 g/mol. The van der Waals surface area contributed by atoms with Gasteiger partial charge >= 0.3 is 6.03 Å². The van der Waals surface area contributed by atoms with Gasteiger partial charge in [0.05, 0.1) is 5.97 Å². The number of carboxylic acid groups (broad SMARTS) is 1. The minimum absolute atomic E-state index is 0.0657. The van der Waals surface area contributed by atoms with E-state index in [2.05, 4.69) is 0 Å². The molecule has 0 aliphatic carbocycles. The number of aromatic carboxylic acids is 1. The van der Waals surface area contributed by atoms with Crippen molar-refractivity contribution in [2.75, 3.05) is 14.1 Å². The first-order chi connectivity index (χ1) is 13.8. The highest BCUT2D eigenvalue weighted by atomic mass is 16.5. The lowest BCUT2D eigenvalue weighted by molar-refractivity contribution is -0.255. The number of hydrogen-bond acceptors (Lipinski definition) is 6. The van der Waals surface area contributed by atoms with Crippen LogP contribution >= 0.6 is 0 Å². The summed E-state index contributed by atoms with van der Waals surface area (Å²) in [5.74, 6) is -2.21. The van der Waals surface area contributed by atoms with Crippen molar-refractivity contribution < 1.29 is 29.0 Å². The monoisotopic (exact) mass is 393 g/mol. The third-order valence-electron chi connectivity index (χ3n) is 4.45. The van der Waals surface area contributed by atoms with Crippen LogP contribution in [0.4, 0.5) is 4.79 Å². The first-order valence-corrected chi connectivity index (χ1v) is 8.63. The molecule has 1 fully saturated rings. The molecule has 0 bridgehead atoms. The van der Waals surface area contributed by atoms with E-state index in [1.165, 1.54) is 32.3 Å². The Hall–Kier alpha value is -3.94. The van der Waals surface area contributed by atoms with Crippen LogP contribution in [0.2, 0.25) is 0 Å². The van der Waals surface area contributed by atoms with Crippen molar-refractivity contribution in [2.45, 2.75) is 6.61 Å². The molecule has 8 heteroatoms. The van der Waals surface area contributed by atoms with E-state index in [-0.39, 0.29) is 17.7 Å². The third-order valence-corrected chi connectivity index (χ3v) is 4.45. The van der Waals surface area contributed by atoms with E-state index in [4.69, 9.17) is 4.74 Å². The number of carboxylic acids is 1. The molecule has 0 unspecified atom stereocenters. The normalized spacial score (nSPS) is 14.3. The number of carbonyl (C=O) groups excluding carboxylic acids is 4. The Morgan fingerprint density at radius 2 is 1.55 bits per heavy atom. The van der Waals surface area contributed by atoms with Gasteiger partial charge in [-0.05, 0) is 23.3 Å². The largest absolute Gasteiger partial charge is 0.545 e. The van der Waals surface area contributed by atoms with Crippen LogP contribution in [0.3, 0.4) is 0 Å². The highest BCUT2D eigenvalue weighted by molar-refractivity contribution is 6.30. The fourth-order valence-electron chi connectivity index (χ4n) is 2.76. The third kappa shape index (κ3) is 4.01. The summed E-state index contributed by atoms with van der Waals surface area (Å²) >= 11 is 0. The van der Waals surface area contributed by atoms with Crippen LogP contribution in [-0.4, -0.2) is 47.7 Å². The van der Waals surface area contributed by atoms with Crippen molar-refractivity contribution in [3.8, 4) is 5.75 Å². The molecule has 0 atom stereocenters. The fourth-order valence-corrected chi connectivity index (χ4v) is 2.76. The maximum absolute atomic E-state index is 12.4. The van der Waals surface area contributed by atoms with Crippen LogP contribution in [0.15, 0.2) is 54.1 Å². The Kier molecular flexibility index (Phi) is 5.45. The molecule has 0 aromatic heterocycles. The summed E-state index contributed by atoms with van der Waals surface area (Å²) in [6, 6.07) is 12.2. The first-order valence-electron chi connectivity index (χ1n) is 8.63. The van der Waals surface area contributed by atoms with E-state index in [0.717, 1.165) is 15.4 Å². The number of likely N-dealkylation sites (N-methyl/N-ethyl adjacent to an activating group) is 2. The summed E-state index contributed by atoms with van der Waals surface area (Å²) in [5, 5.41) is 10.8. The Labute approximate surface area is 166 Å². The van der Waals surface area contributed by atoms with Gasteiger partial charge in [-0.3, -0.25) is 19.4 Å². The van der Waals surface area contributed by atoms with Gasteiger partial charge in [-0.1, -0.05) is 42.5 Å². The molecule has 8 nitrogen and oxygen atoms in total. The van der Waals surface area contributed by atoms with Gasteiger partial charge in [0, 0.05) is 19.7 Å². The fraction of sp³-hybridized carbons (Fsp3) is 0.143. The average Bonchev–Trinajstić information content (AvgIpc) is 2.73. The van der Waals surface area contributed by atoms with Gasteiger partial charge in [0.1, 0.15) is 17.9 Å². The number of para-hydroxylation sites is 1. The quantitative estimate of drug-likeness (QED) is 0.555. The number of hydrogen-bond donors (Lipinski definition) is 0. The van der Waals surface area contributed by atoms with Crippen LogP contribution in [-0.2, 0) is 16.2 Å². The zero-order valence-corrected chi connectivity index (χ0v) is 15.7. The predicted molar refractivity (Wildman–Crippen MR) is 100 cm³/mol. The molecule has 3 rings (SSSR count). The van der Waals surface area contributed by atoms with Gasteiger partial charge in [-0.15, -0.1) is 0 Å². The summed E-state index contributed by atoms with van der Waals surface area (Å²) in [6.07, 6.45) is 1.39. The van der Waals surface area contributed by atoms with E-state index in [1.807, 2.05) is 0 Å². The van der Waals surface area contributed by atoms with Crippen molar-refractivity contribution >= 4 is 29.9 Å². The number of rotatable bonds is 5. The summed E-state index contributed by atoms with van der Waals surface area (Å²) in [6.45, 7) is 0.147. The minimum atomic E-state index is -1.26. The van der Waals surface area contributed by atoms with E-state index in [1.54, 1.807) is 36.4 Å². The van der Waals surface area contributed by atoms with Crippen molar-refractivity contribution in [1.82, 2.24) is 9.80 Å². The van der Waals surface area contributed by atoms with Gasteiger partial charge < -0.3 is 14.6 Å². The summed E-state index contributed by atoms with van der Waals surface area (Å²) in [5.41, 5.74) is 1.14. The molecule has 148 valence electrons. The number of carbonyl (C=O) groups is 4. The number of imide groups is 2. The molecule has 0 spiro atoms. The second-order valence-corrected chi connectivity index (χ2v) is 6.38. The maximum Gasteiger partial charge on any atom is 0.333 e. The standard InChI is InChI=1S/C21H18N2O6/c1-22-18(24)16(19(25)23(2)21(22)28)11-15-5-3-4-6-17(15)29-12-13-7-9-14(10-8-13)20(26)27/h3-11H,12H2,1-2H3,(H,26,27)/p-1. The van der Waals surface area contributed by atoms with E-state index in [9.17, 15) is 24.3 Å². The lowest BCUT2D eigenvalue weighted by atomic mass is 10.1. The first kappa shape index (κ1) is 19.8. The molecular formula is C21H17N2O6-. The molecule has 0 N–H and O–H groups in total. The smallest absolute Gasteiger partial charge is 0.333 e.